The van der Waals surface area contributed by atoms with Gasteiger partial charge in [-0.1, -0.05) is 29.3 Å². The number of nitro benzene ring substituents is 1. The van der Waals surface area contributed by atoms with Crippen molar-refractivity contribution >= 4 is 79.5 Å². The van der Waals surface area contributed by atoms with Crippen molar-refractivity contribution < 1.29 is 14.5 Å². The summed E-state index contributed by atoms with van der Waals surface area (Å²) in [5.41, 5.74) is 0.592. The number of hydrogen-bond donors (Lipinski definition) is 0. The average Bonchev–Trinajstić information content (AvgIpc) is 2.85. The van der Waals surface area contributed by atoms with Gasteiger partial charge in [0.05, 0.1) is 30.0 Å². The van der Waals surface area contributed by atoms with Crippen LogP contribution in [0, 0.1) is 10.1 Å². The fourth-order valence-electron chi connectivity index (χ4n) is 2.23. The van der Waals surface area contributed by atoms with Crippen molar-refractivity contribution in [3.8, 4) is 0 Å². The van der Waals surface area contributed by atoms with E-state index in [2.05, 4.69) is 15.9 Å². The van der Waals surface area contributed by atoms with Crippen LogP contribution in [-0.2, 0) is 4.79 Å². The number of halogens is 3. The zero-order valence-corrected chi connectivity index (χ0v) is 16.5. The highest BCUT2D eigenvalue weighted by Crippen LogP contribution is 2.38. The molecule has 0 atom stereocenters. The van der Waals surface area contributed by atoms with Crippen LogP contribution >= 0.6 is 50.9 Å². The molecule has 10 heteroatoms. The zero-order chi connectivity index (χ0) is 19.0. The van der Waals surface area contributed by atoms with Crippen LogP contribution in [0.1, 0.15) is 5.56 Å². The molecule has 2 aromatic rings. The Kier molecular flexibility index (Phi) is 5.38. The summed E-state index contributed by atoms with van der Waals surface area (Å²) in [4.78, 5) is 36.5. The molecular formula is C16H7BrCl2N2O4S. The van der Waals surface area contributed by atoms with Gasteiger partial charge in [-0.15, -0.1) is 0 Å². The van der Waals surface area contributed by atoms with Crippen molar-refractivity contribution in [2.24, 2.45) is 0 Å². The lowest BCUT2D eigenvalue weighted by Gasteiger charge is -2.13. The molecule has 1 heterocycles. The van der Waals surface area contributed by atoms with Gasteiger partial charge < -0.3 is 0 Å². The molecule has 1 fully saturated rings. The number of nitro groups is 1. The van der Waals surface area contributed by atoms with Gasteiger partial charge in [-0.25, -0.2) is 4.90 Å². The lowest BCUT2D eigenvalue weighted by Crippen LogP contribution is -2.27. The molecular weight excluding hydrogens is 467 g/mol. The van der Waals surface area contributed by atoms with E-state index in [1.807, 2.05) is 0 Å². The van der Waals surface area contributed by atoms with E-state index in [1.165, 1.54) is 36.4 Å². The number of rotatable bonds is 3. The predicted molar refractivity (Wildman–Crippen MR) is 106 cm³/mol. The Morgan fingerprint density at radius 3 is 2.50 bits per heavy atom. The van der Waals surface area contributed by atoms with Gasteiger partial charge in [0, 0.05) is 6.07 Å². The molecule has 6 nitrogen and oxygen atoms in total. The standard InChI is InChI=1S/C16H7BrCl2N2O4S/c17-10-3-1-8(5-13(10)21(24)25)6-14-15(22)20(16(23)26-14)9-2-4-11(18)12(19)7-9/h1-7H/b14-6-. The second kappa shape index (κ2) is 7.40. The fourth-order valence-corrected chi connectivity index (χ4v) is 3.75. The van der Waals surface area contributed by atoms with E-state index in [-0.39, 0.29) is 15.6 Å². The third kappa shape index (κ3) is 3.64. The Bertz CT molecular complexity index is 996. The minimum Gasteiger partial charge on any atom is -0.268 e. The topological polar surface area (TPSA) is 80.5 Å². The molecule has 132 valence electrons. The summed E-state index contributed by atoms with van der Waals surface area (Å²) < 4.78 is 0.323. The van der Waals surface area contributed by atoms with Gasteiger partial charge in [-0.05, 0) is 63.6 Å². The quantitative estimate of drug-likeness (QED) is 0.314. The second-order valence-corrected chi connectivity index (χ2v) is 7.75. The van der Waals surface area contributed by atoms with Crippen LogP contribution in [0.4, 0.5) is 16.2 Å². The van der Waals surface area contributed by atoms with Crippen LogP contribution in [0.5, 0.6) is 0 Å². The summed E-state index contributed by atoms with van der Waals surface area (Å²) in [6.07, 6.45) is 1.43. The summed E-state index contributed by atoms with van der Waals surface area (Å²) in [5, 5.41) is 11.1. The first-order valence-electron chi connectivity index (χ1n) is 6.95. The van der Waals surface area contributed by atoms with Gasteiger partial charge in [0.15, 0.2) is 0 Å². The minimum atomic E-state index is -0.539. The Balaban J connectivity index is 1.96. The monoisotopic (exact) mass is 472 g/mol. The van der Waals surface area contributed by atoms with Crippen molar-refractivity contribution in [2.75, 3.05) is 4.90 Å². The number of amides is 2. The van der Waals surface area contributed by atoms with E-state index >= 15 is 0 Å². The number of thioether (sulfide) groups is 1. The molecule has 0 radical (unpaired) electrons. The van der Waals surface area contributed by atoms with Crippen molar-refractivity contribution in [1.82, 2.24) is 0 Å². The van der Waals surface area contributed by atoms with Crippen LogP contribution in [0.15, 0.2) is 45.8 Å². The number of hydrogen-bond acceptors (Lipinski definition) is 5. The van der Waals surface area contributed by atoms with Crippen molar-refractivity contribution in [3.63, 3.8) is 0 Å². The molecule has 2 amide bonds. The van der Waals surface area contributed by atoms with E-state index in [0.29, 0.717) is 20.7 Å². The number of imide groups is 1. The number of anilines is 1. The molecule has 0 unspecified atom stereocenters. The Morgan fingerprint density at radius 1 is 1.12 bits per heavy atom. The van der Waals surface area contributed by atoms with Crippen molar-refractivity contribution in [1.29, 1.82) is 0 Å². The summed E-state index contributed by atoms with van der Waals surface area (Å²) in [6.45, 7) is 0. The molecule has 0 saturated carbocycles. The van der Waals surface area contributed by atoms with Gasteiger partial charge in [0.25, 0.3) is 16.8 Å². The summed E-state index contributed by atoms with van der Waals surface area (Å²) in [5.74, 6) is -0.538. The largest absolute Gasteiger partial charge is 0.298 e. The van der Waals surface area contributed by atoms with Gasteiger partial charge in [0.2, 0.25) is 0 Å². The first kappa shape index (κ1) is 18.9. The van der Waals surface area contributed by atoms with Crippen LogP contribution < -0.4 is 4.90 Å². The number of carbonyl (C=O) groups excluding carboxylic acids is 2. The average molecular weight is 474 g/mol. The van der Waals surface area contributed by atoms with Gasteiger partial charge in [0.1, 0.15) is 0 Å². The number of carbonyl (C=O) groups is 2. The van der Waals surface area contributed by atoms with Gasteiger partial charge >= 0.3 is 0 Å². The first-order valence-corrected chi connectivity index (χ1v) is 9.31. The molecule has 1 aliphatic rings. The van der Waals surface area contributed by atoms with E-state index in [4.69, 9.17) is 23.2 Å². The van der Waals surface area contributed by atoms with Crippen LogP contribution in [0.25, 0.3) is 6.08 Å². The van der Waals surface area contributed by atoms with Crippen molar-refractivity contribution in [3.05, 3.63) is 71.5 Å². The maximum absolute atomic E-state index is 12.6. The van der Waals surface area contributed by atoms with Gasteiger partial charge in [-0.3, -0.25) is 19.7 Å². The Hall–Kier alpha value is -1.87. The highest BCUT2D eigenvalue weighted by molar-refractivity contribution is 9.10. The van der Waals surface area contributed by atoms with Crippen LogP contribution in [-0.4, -0.2) is 16.1 Å². The smallest absolute Gasteiger partial charge is 0.268 e. The molecule has 1 aliphatic heterocycles. The lowest BCUT2D eigenvalue weighted by molar-refractivity contribution is -0.385. The molecule has 0 spiro atoms. The molecule has 0 aromatic heterocycles. The highest BCUT2D eigenvalue weighted by atomic mass is 79.9. The van der Waals surface area contributed by atoms with E-state index in [0.717, 1.165) is 16.7 Å². The third-order valence-electron chi connectivity index (χ3n) is 3.42. The van der Waals surface area contributed by atoms with Gasteiger partial charge in [-0.2, -0.15) is 0 Å². The molecule has 0 N–H and O–H groups in total. The first-order chi connectivity index (χ1) is 12.3. The predicted octanol–water partition coefficient (Wildman–Crippen LogP) is 5.91. The van der Waals surface area contributed by atoms with Crippen LogP contribution in [0.2, 0.25) is 10.0 Å². The zero-order valence-electron chi connectivity index (χ0n) is 12.6. The SMILES string of the molecule is O=C1S/C(=C\c2ccc(Br)c([N+](=O)[O-])c2)C(=O)N1c1ccc(Cl)c(Cl)c1. The summed E-state index contributed by atoms with van der Waals surface area (Å²) >= 11 is 15.6. The summed E-state index contributed by atoms with van der Waals surface area (Å²) in [7, 11) is 0. The molecule has 2 aromatic carbocycles. The minimum absolute atomic E-state index is 0.137. The molecule has 3 rings (SSSR count). The van der Waals surface area contributed by atoms with Crippen molar-refractivity contribution in [2.45, 2.75) is 0 Å². The Morgan fingerprint density at radius 2 is 1.85 bits per heavy atom. The number of nitrogens with zero attached hydrogens (tertiary/aromatic N) is 2. The highest BCUT2D eigenvalue weighted by Gasteiger charge is 2.36. The van der Waals surface area contributed by atoms with E-state index < -0.39 is 16.1 Å². The molecule has 0 aliphatic carbocycles. The lowest BCUT2D eigenvalue weighted by atomic mass is 10.2. The van der Waals surface area contributed by atoms with E-state index in [9.17, 15) is 19.7 Å². The normalized spacial score (nSPS) is 15.8. The van der Waals surface area contributed by atoms with E-state index in [1.54, 1.807) is 6.07 Å². The third-order valence-corrected chi connectivity index (χ3v) is 5.70. The number of benzene rings is 2. The fraction of sp³-hybridized carbons (Fsp3) is 0. The van der Waals surface area contributed by atoms with Crippen LogP contribution in [0.3, 0.4) is 0 Å². The summed E-state index contributed by atoms with van der Waals surface area (Å²) in [6, 6.07) is 8.85. The second-order valence-electron chi connectivity index (χ2n) is 5.08. The molecule has 26 heavy (non-hydrogen) atoms. The molecule has 1 saturated heterocycles. The maximum atomic E-state index is 12.6. The Labute approximate surface area is 170 Å². The maximum Gasteiger partial charge on any atom is 0.298 e. The molecule has 0 bridgehead atoms.